The van der Waals surface area contributed by atoms with E-state index in [9.17, 15) is 0 Å². The lowest BCUT2D eigenvalue weighted by Gasteiger charge is -2.07. The van der Waals surface area contributed by atoms with Crippen LogP contribution >= 0.6 is 0 Å². The van der Waals surface area contributed by atoms with Crippen LogP contribution in [0.5, 0.6) is 0 Å². The van der Waals surface area contributed by atoms with Crippen LogP contribution in [0.15, 0.2) is 0 Å². The number of aliphatic hydroxyl groups is 1. The van der Waals surface area contributed by atoms with E-state index in [2.05, 4.69) is 13.8 Å². The summed E-state index contributed by atoms with van der Waals surface area (Å²) in [6.07, 6.45) is 41.5. The number of unbranched alkanes of at least 4 members (excludes halogenated alkanes) is 26. The minimum atomic E-state index is 0.374. The summed E-state index contributed by atoms with van der Waals surface area (Å²) in [6.45, 7) is 5.10. The molecular weight excluding hydrogens is 412 g/mol. The monoisotopic (exact) mass is 481 g/mol. The van der Waals surface area contributed by atoms with E-state index in [0.717, 1.165) is 12.3 Å². The van der Waals surface area contributed by atoms with Crippen LogP contribution in [0.4, 0.5) is 0 Å². The zero-order chi connectivity index (χ0) is 24.8. The molecule has 0 unspecified atom stereocenters. The number of aliphatic hydroxyl groups excluding tert-OH is 1. The zero-order valence-electron chi connectivity index (χ0n) is 24.2. The van der Waals surface area contributed by atoms with Crippen LogP contribution < -0.4 is 0 Å². The Labute approximate surface area is 217 Å². The molecule has 0 aromatic carbocycles. The van der Waals surface area contributed by atoms with E-state index in [0.29, 0.717) is 6.61 Å². The van der Waals surface area contributed by atoms with Crippen LogP contribution in [-0.2, 0) is 0 Å². The zero-order valence-corrected chi connectivity index (χ0v) is 24.2. The summed E-state index contributed by atoms with van der Waals surface area (Å²) in [6, 6.07) is 0. The Morgan fingerprint density at radius 1 is 0.353 bits per heavy atom. The van der Waals surface area contributed by atoms with Crippen molar-refractivity contribution in [1.29, 1.82) is 0 Å². The second-order valence-corrected chi connectivity index (χ2v) is 11.6. The van der Waals surface area contributed by atoms with E-state index in [1.165, 1.54) is 180 Å². The summed E-state index contributed by atoms with van der Waals surface area (Å²) >= 11 is 0. The molecule has 0 amide bonds. The van der Waals surface area contributed by atoms with Crippen molar-refractivity contribution in [3.8, 4) is 0 Å². The van der Waals surface area contributed by atoms with E-state index in [4.69, 9.17) is 5.11 Å². The van der Waals surface area contributed by atoms with Crippen molar-refractivity contribution >= 4 is 0 Å². The van der Waals surface area contributed by atoms with Gasteiger partial charge in [0.1, 0.15) is 0 Å². The Hall–Kier alpha value is -0.0400. The Bertz CT molecular complexity index is 339. The molecule has 0 aliphatic rings. The van der Waals surface area contributed by atoms with Gasteiger partial charge in [-0.15, -0.1) is 0 Å². The predicted molar refractivity (Wildman–Crippen MR) is 156 cm³/mol. The van der Waals surface area contributed by atoms with Crippen molar-refractivity contribution in [2.45, 2.75) is 200 Å². The van der Waals surface area contributed by atoms with Crippen molar-refractivity contribution in [3.05, 3.63) is 0 Å². The van der Waals surface area contributed by atoms with Gasteiger partial charge in [-0.2, -0.15) is 0 Å². The normalized spacial score (nSPS) is 12.4. The molecule has 1 atom stereocenters. The molecule has 0 fully saturated rings. The highest BCUT2D eigenvalue weighted by Crippen LogP contribution is 2.17. The predicted octanol–water partition coefficient (Wildman–Crippen LogP) is 11.9. The van der Waals surface area contributed by atoms with Gasteiger partial charge >= 0.3 is 0 Å². The molecule has 1 heteroatoms. The molecule has 0 aromatic rings. The lowest BCUT2D eigenvalue weighted by atomic mass is 9.99. The van der Waals surface area contributed by atoms with Gasteiger partial charge in [-0.3, -0.25) is 0 Å². The fraction of sp³-hybridized carbons (Fsp3) is 1.00. The molecule has 0 saturated carbocycles. The lowest BCUT2D eigenvalue weighted by molar-refractivity contribution is 0.282. The fourth-order valence-corrected chi connectivity index (χ4v) is 5.23. The third-order valence-corrected chi connectivity index (χ3v) is 8.05. The summed E-state index contributed by atoms with van der Waals surface area (Å²) in [5, 5.41) is 8.77. The molecule has 34 heavy (non-hydrogen) atoms. The molecule has 206 valence electrons. The Balaban J connectivity index is 3.02. The summed E-state index contributed by atoms with van der Waals surface area (Å²) in [5.74, 6) is 0.944. The molecular formula is C33H68O. The van der Waals surface area contributed by atoms with E-state index < -0.39 is 0 Å². The standard InChI is InChI=1S/C33H68O/c1-3-33(2)31-29-27-25-23-21-19-17-15-13-11-9-7-5-4-6-8-10-12-14-16-18-20-22-24-26-28-30-32-34/h33-34H,3-32H2,1-2H3/t33-/m0/s1. The van der Waals surface area contributed by atoms with Gasteiger partial charge in [0.25, 0.3) is 0 Å². The van der Waals surface area contributed by atoms with Crippen molar-refractivity contribution in [2.75, 3.05) is 6.61 Å². The average Bonchev–Trinajstić information content (AvgIpc) is 2.85. The molecule has 0 bridgehead atoms. The Kier molecular flexibility index (Phi) is 31.0. The largest absolute Gasteiger partial charge is 0.396 e. The van der Waals surface area contributed by atoms with Gasteiger partial charge in [-0.25, -0.2) is 0 Å². The molecule has 1 N–H and O–H groups in total. The third kappa shape index (κ3) is 30.0. The third-order valence-electron chi connectivity index (χ3n) is 8.05. The van der Waals surface area contributed by atoms with Crippen LogP contribution in [-0.4, -0.2) is 11.7 Å². The van der Waals surface area contributed by atoms with Crippen molar-refractivity contribution in [2.24, 2.45) is 5.92 Å². The van der Waals surface area contributed by atoms with Gasteiger partial charge in [0.2, 0.25) is 0 Å². The van der Waals surface area contributed by atoms with Crippen LogP contribution in [0.25, 0.3) is 0 Å². The Morgan fingerprint density at radius 3 is 0.765 bits per heavy atom. The second kappa shape index (κ2) is 31.0. The lowest BCUT2D eigenvalue weighted by Crippen LogP contribution is -1.91. The van der Waals surface area contributed by atoms with Crippen molar-refractivity contribution < 1.29 is 5.11 Å². The molecule has 0 saturated heterocycles. The first-order valence-electron chi connectivity index (χ1n) is 16.4. The smallest absolute Gasteiger partial charge is 0.0431 e. The molecule has 0 heterocycles. The first kappa shape index (κ1) is 34.0. The van der Waals surface area contributed by atoms with Crippen LogP contribution in [0.2, 0.25) is 0 Å². The van der Waals surface area contributed by atoms with E-state index in [1.54, 1.807) is 0 Å². The summed E-state index contributed by atoms with van der Waals surface area (Å²) in [4.78, 5) is 0. The van der Waals surface area contributed by atoms with E-state index in [1.807, 2.05) is 0 Å². The highest BCUT2D eigenvalue weighted by Gasteiger charge is 1.99. The summed E-state index contributed by atoms with van der Waals surface area (Å²) < 4.78 is 0. The summed E-state index contributed by atoms with van der Waals surface area (Å²) in [7, 11) is 0. The van der Waals surface area contributed by atoms with E-state index >= 15 is 0 Å². The number of rotatable bonds is 30. The molecule has 0 radical (unpaired) electrons. The Morgan fingerprint density at radius 2 is 0.559 bits per heavy atom. The molecule has 0 aliphatic heterocycles. The van der Waals surface area contributed by atoms with Gasteiger partial charge in [-0.05, 0) is 12.3 Å². The van der Waals surface area contributed by atoms with Gasteiger partial charge < -0.3 is 5.11 Å². The first-order valence-corrected chi connectivity index (χ1v) is 16.4. The van der Waals surface area contributed by atoms with Crippen LogP contribution in [0, 0.1) is 5.92 Å². The van der Waals surface area contributed by atoms with Gasteiger partial charge in [-0.1, -0.05) is 194 Å². The second-order valence-electron chi connectivity index (χ2n) is 11.6. The van der Waals surface area contributed by atoms with Gasteiger partial charge in [0, 0.05) is 6.61 Å². The van der Waals surface area contributed by atoms with Crippen LogP contribution in [0.1, 0.15) is 200 Å². The molecule has 0 aromatic heterocycles. The highest BCUT2D eigenvalue weighted by molar-refractivity contribution is 4.53. The topological polar surface area (TPSA) is 20.2 Å². The SMILES string of the molecule is CC[C@H](C)CCCCCCCCCCCCCCCCCCCCCCCCCCCCCO. The summed E-state index contributed by atoms with van der Waals surface area (Å²) in [5.41, 5.74) is 0. The van der Waals surface area contributed by atoms with Gasteiger partial charge in [0.15, 0.2) is 0 Å². The molecule has 0 rings (SSSR count). The molecule has 0 aliphatic carbocycles. The number of hydrogen-bond acceptors (Lipinski definition) is 1. The minimum Gasteiger partial charge on any atom is -0.396 e. The maximum absolute atomic E-state index is 8.77. The average molecular weight is 481 g/mol. The number of hydrogen-bond donors (Lipinski definition) is 1. The van der Waals surface area contributed by atoms with Crippen molar-refractivity contribution in [3.63, 3.8) is 0 Å². The van der Waals surface area contributed by atoms with Crippen molar-refractivity contribution in [1.82, 2.24) is 0 Å². The van der Waals surface area contributed by atoms with Crippen LogP contribution in [0.3, 0.4) is 0 Å². The van der Waals surface area contributed by atoms with E-state index in [-0.39, 0.29) is 0 Å². The maximum Gasteiger partial charge on any atom is 0.0431 e. The van der Waals surface area contributed by atoms with Gasteiger partial charge in [0.05, 0.1) is 0 Å². The highest BCUT2D eigenvalue weighted by atomic mass is 16.2. The minimum absolute atomic E-state index is 0.374. The molecule has 0 spiro atoms. The fourth-order valence-electron chi connectivity index (χ4n) is 5.23. The maximum atomic E-state index is 8.77. The quantitative estimate of drug-likeness (QED) is 0.101. The molecule has 1 nitrogen and oxygen atoms in total. The first-order chi connectivity index (χ1) is 16.8.